The van der Waals surface area contributed by atoms with Crippen LogP contribution in [0.5, 0.6) is 11.5 Å². The quantitative estimate of drug-likeness (QED) is 0.318. The van der Waals surface area contributed by atoms with E-state index in [-0.39, 0.29) is 12.6 Å². The third kappa shape index (κ3) is 4.42. The highest BCUT2D eigenvalue weighted by Crippen LogP contribution is 2.37. The van der Waals surface area contributed by atoms with Gasteiger partial charge in [-0.1, -0.05) is 35.5 Å². The van der Waals surface area contributed by atoms with Gasteiger partial charge in [-0.15, -0.1) is 10.2 Å². The van der Waals surface area contributed by atoms with E-state index in [0.717, 1.165) is 16.8 Å². The molecule has 1 aliphatic rings. The fraction of sp³-hybridized carbons (Fsp3) is 0.167. The summed E-state index contributed by atoms with van der Waals surface area (Å²) >= 11 is 7.55. The lowest BCUT2D eigenvalue weighted by molar-refractivity contribution is -0.0171. The van der Waals surface area contributed by atoms with Crippen LogP contribution < -0.4 is 9.47 Å². The lowest BCUT2D eigenvalue weighted by Gasteiger charge is -2.20. The molecule has 4 aromatic rings. The first-order chi connectivity index (χ1) is 16.1. The number of para-hydroxylation sites is 1. The topological polar surface area (TPSA) is 58.4 Å². The Hall–Kier alpha value is -3.07. The van der Waals surface area contributed by atoms with Crippen LogP contribution in [0.3, 0.4) is 0 Å². The number of thioether (sulfide) groups is 1. The Morgan fingerprint density at radius 1 is 1.12 bits per heavy atom. The van der Waals surface area contributed by atoms with Crippen molar-refractivity contribution in [3.8, 4) is 28.6 Å². The molecule has 33 heavy (non-hydrogen) atoms. The molecule has 0 fully saturated rings. The number of methoxy groups -OCH3 is 1. The molecule has 0 N–H and O–H groups in total. The van der Waals surface area contributed by atoms with Crippen molar-refractivity contribution in [3.63, 3.8) is 0 Å². The van der Waals surface area contributed by atoms with Gasteiger partial charge < -0.3 is 14.2 Å². The fourth-order valence-electron chi connectivity index (χ4n) is 3.70. The maximum Gasteiger partial charge on any atom is 0.196 e. The van der Waals surface area contributed by atoms with Gasteiger partial charge in [0.2, 0.25) is 0 Å². The van der Waals surface area contributed by atoms with E-state index in [4.69, 9.17) is 25.8 Å². The van der Waals surface area contributed by atoms with Crippen molar-refractivity contribution in [1.29, 1.82) is 0 Å². The third-order valence-electron chi connectivity index (χ3n) is 5.17. The van der Waals surface area contributed by atoms with E-state index < -0.39 is 0 Å². The summed E-state index contributed by atoms with van der Waals surface area (Å²) in [4.78, 5) is 0. The van der Waals surface area contributed by atoms with Crippen LogP contribution in [-0.4, -0.2) is 28.7 Å². The van der Waals surface area contributed by atoms with E-state index in [9.17, 15) is 4.39 Å². The Morgan fingerprint density at radius 3 is 2.76 bits per heavy atom. The van der Waals surface area contributed by atoms with Crippen molar-refractivity contribution >= 4 is 23.4 Å². The standard InChI is InChI=1S/C24H19ClFN3O3S/c1-30-21-5-3-2-4-20(21)23-27-28-24(29(23)19-8-6-17(25)7-9-19)33-13-16-11-18(26)10-15-12-31-14-32-22(15)16/h2-11H,12-14H2,1H3. The van der Waals surface area contributed by atoms with E-state index in [1.807, 2.05) is 53.1 Å². The Morgan fingerprint density at radius 2 is 1.94 bits per heavy atom. The van der Waals surface area contributed by atoms with Crippen LogP contribution in [0.25, 0.3) is 17.1 Å². The van der Waals surface area contributed by atoms with Gasteiger partial charge >= 0.3 is 0 Å². The summed E-state index contributed by atoms with van der Waals surface area (Å²) in [5, 5.41) is 10.2. The van der Waals surface area contributed by atoms with Gasteiger partial charge in [0.25, 0.3) is 0 Å². The van der Waals surface area contributed by atoms with E-state index in [1.165, 1.54) is 23.9 Å². The van der Waals surface area contributed by atoms with Crippen LogP contribution in [0, 0.1) is 5.82 Å². The maximum atomic E-state index is 14.2. The van der Waals surface area contributed by atoms with E-state index in [1.54, 1.807) is 7.11 Å². The maximum absolute atomic E-state index is 14.2. The molecule has 0 aliphatic carbocycles. The molecule has 0 radical (unpaired) electrons. The Balaban J connectivity index is 1.55. The van der Waals surface area contributed by atoms with E-state index >= 15 is 0 Å². The van der Waals surface area contributed by atoms with Gasteiger partial charge in [-0.05, 0) is 48.5 Å². The Kier molecular flexibility index (Phi) is 6.22. The summed E-state index contributed by atoms with van der Waals surface area (Å²) in [5.41, 5.74) is 3.09. The highest BCUT2D eigenvalue weighted by atomic mass is 35.5. The van der Waals surface area contributed by atoms with Crippen molar-refractivity contribution in [2.45, 2.75) is 17.5 Å². The monoisotopic (exact) mass is 483 g/mol. The Bertz CT molecular complexity index is 1300. The molecule has 2 heterocycles. The lowest BCUT2D eigenvalue weighted by atomic mass is 10.1. The summed E-state index contributed by atoms with van der Waals surface area (Å²) in [6.45, 7) is 0.471. The molecule has 9 heteroatoms. The zero-order valence-corrected chi connectivity index (χ0v) is 19.2. The van der Waals surface area contributed by atoms with E-state index in [0.29, 0.717) is 45.4 Å². The number of benzene rings is 3. The highest BCUT2D eigenvalue weighted by molar-refractivity contribution is 7.98. The van der Waals surface area contributed by atoms with Gasteiger partial charge in [0, 0.05) is 27.6 Å². The minimum Gasteiger partial charge on any atom is -0.496 e. The summed E-state index contributed by atoms with van der Waals surface area (Å²) in [7, 11) is 1.62. The van der Waals surface area contributed by atoms with E-state index in [2.05, 4.69) is 10.2 Å². The predicted octanol–water partition coefficient (Wildman–Crippen LogP) is 5.89. The molecule has 0 saturated carbocycles. The molecule has 0 unspecified atom stereocenters. The zero-order chi connectivity index (χ0) is 22.8. The van der Waals surface area contributed by atoms with Crippen LogP contribution in [0.2, 0.25) is 5.02 Å². The molecule has 5 rings (SSSR count). The van der Waals surface area contributed by atoms with Crippen LogP contribution in [0.4, 0.5) is 4.39 Å². The number of ether oxygens (including phenoxy) is 3. The van der Waals surface area contributed by atoms with Crippen molar-refractivity contribution in [2.24, 2.45) is 0 Å². The molecule has 1 aromatic heterocycles. The van der Waals surface area contributed by atoms with Crippen molar-refractivity contribution < 1.29 is 18.6 Å². The molecule has 0 spiro atoms. The molecular weight excluding hydrogens is 465 g/mol. The lowest BCUT2D eigenvalue weighted by Crippen LogP contribution is -2.13. The second-order valence-corrected chi connectivity index (χ2v) is 8.65. The number of hydrogen-bond donors (Lipinski definition) is 0. The number of nitrogens with zero attached hydrogens (tertiary/aromatic N) is 3. The van der Waals surface area contributed by atoms with Gasteiger partial charge in [0.15, 0.2) is 17.8 Å². The number of fused-ring (bicyclic) bond motifs is 1. The molecule has 0 amide bonds. The largest absolute Gasteiger partial charge is 0.496 e. The van der Waals surface area contributed by atoms with Gasteiger partial charge in [-0.25, -0.2) is 4.39 Å². The third-order valence-corrected chi connectivity index (χ3v) is 6.40. The van der Waals surface area contributed by atoms with Crippen molar-refractivity contribution in [1.82, 2.24) is 14.8 Å². The van der Waals surface area contributed by atoms with Crippen LogP contribution in [0.15, 0.2) is 65.8 Å². The molecule has 3 aromatic carbocycles. The summed E-state index contributed by atoms with van der Waals surface area (Å²) < 4.78 is 32.6. The summed E-state index contributed by atoms with van der Waals surface area (Å²) in [5.74, 6) is 2.09. The van der Waals surface area contributed by atoms with Gasteiger partial charge in [0.05, 0.1) is 19.3 Å². The first kappa shape index (κ1) is 21.8. The number of hydrogen-bond acceptors (Lipinski definition) is 6. The minimum atomic E-state index is -0.327. The smallest absolute Gasteiger partial charge is 0.196 e. The second kappa shape index (κ2) is 9.43. The minimum absolute atomic E-state index is 0.148. The highest BCUT2D eigenvalue weighted by Gasteiger charge is 2.21. The first-order valence-electron chi connectivity index (χ1n) is 10.1. The molecule has 1 aliphatic heterocycles. The summed E-state index contributed by atoms with van der Waals surface area (Å²) in [6, 6.07) is 18.0. The molecule has 6 nitrogen and oxygen atoms in total. The molecule has 0 saturated heterocycles. The number of rotatable bonds is 6. The molecule has 0 atom stereocenters. The second-order valence-electron chi connectivity index (χ2n) is 7.27. The fourth-order valence-corrected chi connectivity index (χ4v) is 4.74. The zero-order valence-electron chi connectivity index (χ0n) is 17.6. The average Bonchev–Trinajstić information content (AvgIpc) is 3.26. The number of aromatic nitrogens is 3. The summed E-state index contributed by atoms with van der Waals surface area (Å²) in [6.07, 6.45) is 0. The van der Waals surface area contributed by atoms with Gasteiger partial charge in [-0.2, -0.15) is 0 Å². The van der Waals surface area contributed by atoms with Crippen LogP contribution >= 0.6 is 23.4 Å². The SMILES string of the molecule is COc1ccccc1-c1nnc(SCc2cc(F)cc3c2OCOC3)n1-c1ccc(Cl)cc1. The molecule has 0 bridgehead atoms. The molecular formula is C24H19ClFN3O3S. The Labute approximate surface area is 199 Å². The van der Waals surface area contributed by atoms with Gasteiger partial charge in [0.1, 0.15) is 17.3 Å². The number of halogens is 2. The van der Waals surface area contributed by atoms with Crippen molar-refractivity contribution in [2.75, 3.05) is 13.9 Å². The van der Waals surface area contributed by atoms with Crippen LogP contribution in [-0.2, 0) is 17.1 Å². The average molecular weight is 484 g/mol. The first-order valence-corrected chi connectivity index (χ1v) is 11.5. The predicted molar refractivity (Wildman–Crippen MR) is 125 cm³/mol. The van der Waals surface area contributed by atoms with Crippen molar-refractivity contribution in [3.05, 3.63) is 82.6 Å². The molecule has 168 valence electrons. The van der Waals surface area contributed by atoms with Gasteiger partial charge in [-0.3, -0.25) is 4.57 Å². The van der Waals surface area contributed by atoms with Crippen LogP contribution in [0.1, 0.15) is 11.1 Å². The normalized spacial score (nSPS) is 12.8.